The average Bonchev–Trinajstić information content (AvgIpc) is 3.27. The molecule has 0 fully saturated rings. The predicted octanol–water partition coefficient (Wildman–Crippen LogP) is 4.91. The van der Waals surface area contributed by atoms with Crippen LogP contribution in [0.1, 0.15) is 47.8 Å². The van der Waals surface area contributed by atoms with Gasteiger partial charge in [0.1, 0.15) is 0 Å². The number of aryl methyl sites for hydroxylation is 1. The van der Waals surface area contributed by atoms with Gasteiger partial charge in [-0.3, -0.25) is 0 Å². The summed E-state index contributed by atoms with van der Waals surface area (Å²) in [5.74, 6) is -0.440. The van der Waals surface area contributed by atoms with Gasteiger partial charge in [-0.2, -0.15) is 0 Å². The molecule has 0 aliphatic heterocycles. The summed E-state index contributed by atoms with van der Waals surface area (Å²) in [5, 5.41) is 4.22. The number of para-hydroxylation sites is 1. The van der Waals surface area contributed by atoms with Crippen LogP contribution >= 0.6 is 0 Å². The van der Waals surface area contributed by atoms with Crippen LogP contribution in [0, 0.1) is 12.3 Å². The van der Waals surface area contributed by atoms with E-state index in [2.05, 4.69) is 48.7 Å². The Balaban J connectivity index is 1.74. The van der Waals surface area contributed by atoms with E-state index in [0.717, 1.165) is 35.5 Å². The Bertz CT molecular complexity index is 996. The predicted molar refractivity (Wildman–Crippen MR) is 103 cm³/mol. The van der Waals surface area contributed by atoms with E-state index in [0.29, 0.717) is 0 Å². The first kappa shape index (κ1) is 17.3. The number of furan rings is 1. The fourth-order valence-electron chi connectivity index (χ4n) is 3.73. The molecule has 3 aromatic rings. The zero-order valence-electron chi connectivity index (χ0n) is 15.7. The molecule has 2 aromatic heterocycles. The highest BCUT2D eigenvalue weighted by molar-refractivity contribution is 6.03. The number of nitrogens with zero attached hydrogens (tertiary/aromatic N) is 2. The number of carbonyl (C=O) groups excluding carboxylic acids is 1. The third-order valence-corrected chi connectivity index (χ3v) is 4.87. The topological polar surface area (TPSA) is 56.7 Å². The van der Waals surface area contributed by atoms with Crippen LogP contribution in [0.25, 0.3) is 5.69 Å². The molecule has 0 spiro atoms. The molecule has 0 saturated heterocycles. The molecule has 1 aromatic carbocycles. The van der Waals surface area contributed by atoms with Crippen molar-refractivity contribution in [2.45, 2.75) is 33.6 Å². The summed E-state index contributed by atoms with van der Waals surface area (Å²) in [7, 11) is 0. The maximum atomic E-state index is 12.1. The smallest absolute Gasteiger partial charge is 0.400 e. The number of hydrogen-bond acceptors (Lipinski definition) is 4. The Labute approximate surface area is 158 Å². The number of oxime groups is 1. The SMILES string of the molecule is Cc1cc2c(n1-c1ccccc1)CC(C)(C)C/C2=N\OC(=O)c1ccco1. The maximum absolute atomic E-state index is 12.1. The second-order valence-corrected chi connectivity index (χ2v) is 7.73. The molecular formula is C22H22N2O3. The van der Waals surface area contributed by atoms with Gasteiger partial charge < -0.3 is 13.8 Å². The fourth-order valence-corrected chi connectivity index (χ4v) is 3.73. The summed E-state index contributed by atoms with van der Waals surface area (Å²) in [5.41, 5.74) is 5.31. The molecule has 0 atom stereocenters. The zero-order chi connectivity index (χ0) is 19.0. The van der Waals surface area contributed by atoms with Crippen molar-refractivity contribution in [2.24, 2.45) is 10.6 Å². The van der Waals surface area contributed by atoms with E-state index in [1.54, 1.807) is 12.1 Å². The lowest BCUT2D eigenvalue weighted by molar-refractivity contribution is 0.0477. The highest BCUT2D eigenvalue weighted by atomic mass is 16.7. The van der Waals surface area contributed by atoms with Crippen LogP contribution in [-0.4, -0.2) is 16.2 Å². The molecule has 5 heteroatoms. The molecule has 0 radical (unpaired) electrons. The molecule has 138 valence electrons. The van der Waals surface area contributed by atoms with E-state index in [1.807, 2.05) is 18.2 Å². The van der Waals surface area contributed by atoms with Crippen LogP contribution in [0.3, 0.4) is 0 Å². The Morgan fingerprint density at radius 1 is 1.15 bits per heavy atom. The van der Waals surface area contributed by atoms with Crippen LogP contribution < -0.4 is 0 Å². The van der Waals surface area contributed by atoms with E-state index < -0.39 is 5.97 Å². The molecule has 27 heavy (non-hydrogen) atoms. The Kier molecular flexibility index (Phi) is 4.22. The van der Waals surface area contributed by atoms with Gasteiger partial charge in [-0.1, -0.05) is 37.2 Å². The van der Waals surface area contributed by atoms with Gasteiger partial charge in [-0.25, -0.2) is 4.79 Å². The first-order chi connectivity index (χ1) is 12.9. The normalized spacial score (nSPS) is 16.9. The number of hydrogen-bond donors (Lipinski definition) is 0. The van der Waals surface area contributed by atoms with Crippen molar-refractivity contribution in [3.8, 4) is 5.69 Å². The molecule has 0 unspecified atom stereocenters. The number of carbonyl (C=O) groups is 1. The van der Waals surface area contributed by atoms with Crippen molar-refractivity contribution >= 4 is 11.7 Å². The van der Waals surface area contributed by atoms with Crippen LogP contribution in [0.4, 0.5) is 0 Å². The fraction of sp³-hybridized carbons (Fsp3) is 0.273. The van der Waals surface area contributed by atoms with Gasteiger partial charge in [-0.15, -0.1) is 0 Å². The lowest BCUT2D eigenvalue weighted by Crippen LogP contribution is -2.28. The van der Waals surface area contributed by atoms with Gasteiger partial charge >= 0.3 is 5.97 Å². The zero-order valence-corrected chi connectivity index (χ0v) is 15.7. The van der Waals surface area contributed by atoms with Crippen molar-refractivity contribution in [3.05, 3.63) is 77.5 Å². The molecule has 0 bridgehead atoms. The average molecular weight is 362 g/mol. The summed E-state index contributed by atoms with van der Waals surface area (Å²) in [6.45, 7) is 6.50. The molecule has 1 aliphatic carbocycles. The van der Waals surface area contributed by atoms with Crippen molar-refractivity contribution < 1.29 is 14.0 Å². The van der Waals surface area contributed by atoms with E-state index >= 15 is 0 Å². The summed E-state index contributed by atoms with van der Waals surface area (Å²) in [6.07, 6.45) is 3.11. The number of aromatic nitrogens is 1. The molecule has 2 heterocycles. The largest absolute Gasteiger partial charge is 0.457 e. The van der Waals surface area contributed by atoms with Crippen molar-refractivity contribution in [2.75, 3.05) is 0 Å². The van der Waals surface area contributed by atoms with Crippen LogP contribution in [0.2, 0.25) is 0 Å². The van der Waals surface area contributed by atoms with Gasteiger partial charge in [0.25, 0.3) is 0 Å². The lowest BCUT2D eigenvalue weighted by atomic mass is 9.76. The third-order valence-electron chi connectivity index (χ3n) is 4.87. The second-order valence-electron chi connectivity index (χ2n) is 7.73. The quantitative estimate of drug-likeness (QED) is 0.491. The van der Waals surface area contributed by atoms with E-state index in [9.17, 15) is 4.79 Å². The number of fused-ring (bicyclic) bond motifs is 1. The minimum atomic E-state index is -0.586. The summed E-state index contributed by atoms with van der Waals surface area (Å²) >= 11 is 0. The Morgan fingerprint density at radius 3 is 2.63 bits per heavy atom. The lowest BCUT2D eigenvalue weighted by Gasteiger charge is -2.31. The van der Waals surface area contributed by atoms with Gasteiger partial charge in [0.05, 0.1) is 12.0 Å². The molecule has 0 amide bonds. The van der Waals surface area contributed by atoms with Crippen LogP contribution in [0.15, 0.2) is 64.4 Å². The highest BCUT2D eigenvalue weighted by Crippen LogP contribution is 2.38. The Hall–Kier alpha value is -3.08. The van der Waals surface area contributed by atoms with Crippen molar-refractivity contribution in [1.29, 1.82) is 0 Å². The van der Waals surface area contributed by atoms with E-state index in [1.165, 1.54) is 12.0 Å². The molecule has 5 nitrogen and oxygen atoms in total. The van der Waals surface area contributed by atoms with Crippen molar-refractivity contribution in [1.82, 2.24) is 4.57 Å². The molecule has 0 N–H and O–H groups in total. The standard InChI is InChI=1S/C22H22N2O3/c1-15-12-17-18(23-27-21(25)20-10-7-11-26-20)13-22(2,3)14-19(17)24(15)16-8-5-4-6-9-16/h4-12H,13-14H2,1-3H3/b23-18+. The first-order valence-electron chi connectivity index (χ1n) is 9.03. The van der Waals surface area contributed by atoms with E-state index in [4.69, 9.17) is 9.25 Å². The summed E-state index contributed by atoms with van der Waals surface area (Å²) < 4.78 is 7.34. The van der Waals surface area contributed by atoms with Gasteiger partial charge in [0.2, 0.25) is 5.76 Å². The monoisotopic (exact) mass is 362 g/mol. The summed E-state index contributed by atoms with van der Waals surface area (Å²) in [4.78, 5) is 17.3. The van der Waals surface area contributed by atoms with Crippen molar-refractivity contribution in [3.63, 3.8) is 0 Å². The van der Waals surface area contributed by atoms with Gasteiger partial charge in [0.15, 0.2) is 0 Å². The molecular weight excluding hydrogens is 340 g/mol. The minimum Gasteiger partial charge on any atom is -0.457 e. The van der Waals surface area contributed by atoms with Crippen LogP contribution in [0.5, 0.6) is 0 Å². The van der Waals surface area contributed by atoms with Gasteiger partial charge in [-0.05, 0) is 55.5 Å². The first-order valence-corrected chi connectivity index (χ1v) is 9.03. The maximum Gasteiger partial charge on any atom is 0.400 e. The highest BCUT2D eigenvalue weighted by Gasteiger charge is 2.33. The van der Waals surface area contributed by atoms with Crippen LogP contribution in [-0.2, 0) is 11.3 Å². The molecule has 1 aliphatic rings. The summed E-state index contributed by atoms with van der Waals surface area (Å²) in [6, 6.07) is 15.6. The number of rotatable bonds is 3. The minimum absolute atomic E-state index is 0.0141. The molecule has 4 rings (SSSR count). The second kappa shape index (κ2) is 6.58. The number of benzene rings is 1. The van der Waals surface area contributed by atoms with E-state index in [-0.39, 0.29) is 11.2 Å². The van der Waals surface area contributed by atoms with Gasteiger partial charge in [0, 0.05) is 22.6 Å². The Morgan fingerprint density at radius 2 is 1.93 bits per heavy atom. The molecule has 0 saturated carbocycles. The third kappa shape index (κ3) is 3.33.